The van der Waals surface area contributed by atoms with E-state index in [0.717, 1.165) is 0 Å². The van der Waals surface area contributed by atoms with E-state index in [2.05, 4.69) is 72.8 Å². The number of aliphatic hydroxyl groups is 1. The van der Waals surface area contributed by atoms with Gasteiger partial charge in [-0.05, 0) is 59.4 Å². The lowest BCUT2D eigenvalue weighted by Crippen LogP contribution is -2.59. The van der Waals surface area contributed by atoms with Crippen molar-refractivity contribution in [3.63, 3.8) is 0 Å². The molecule has 0 heterocycles. The van der Waals surface area contributed by atoms with Crippen LogP contribution in [0.2, 0.25) is 0 Å². The van der Waals surface area contributed by atoms with Crippen molar-refractivity contribution in [2.45, 2.75) is 101 Å². The molecule has 58 heavy (non-hydrogen) atoms. The van der Waals surface area contributed by atoms with Gasteiger partial charge >= 0.3 is 5.97 Å². The Morgan fingerprint density at radius 1 is 0.621 bits per heavy atom. The van der Waals surface area contributed by atoms with Crippen LogP contribution in [0, 0.1) is 0 Å². The van der Waals surface area contributed by atoms with Gasteiger partial charge in [-0.15, -0.1) is 0 Å². The normalized spacial score (nSPS) is 14.9. The van der Waals surface area contributed by atoms with Crippen molar-refractivity contribution in [2.24, 2.45) is 27.9 Å². The summed E-state index contributed by atoms with van der Waals surface area (Å²) in [4.78, 5) is 117. The van der Waals surface area contributed by atoms with Crippen molar-refractivity contribution in [3.05, 3.63) is 0 Å². The number of nitrogens with zero attached hydrogens (tertiary/aromatic N) is 1. The molecule has 0 fully saturated rings. The SMILES string of the molecule is C[C@H](NC(=O)CNC(=O)CNC(=O)[C@H](CCCN=C(N)N)NC(=O)[C@H](CCCCN)NC(=O)[C@@H](N)CS)C(=O)N[C@H](C(=O)N[C@@H](C)C(=O)N[C@@H](CS)C(=O)O)[C@@H](C)O. The second-order valence-electron chi connectivity index (χ2n) is 13.0. The smallest absolute Gasteiger partial charge is 0.327 e. The van der Waals surface area contributed by atoms with E-state index in [1.807, 2.05) is 0 Å². The van der Waals surface area contributed by atoms with E-state index in [1.54, 1.807) is 0 Å². The molecule has 18 N–H and O–H groups in total. The van der Waals surface area contributed by atoms with Crippen LogP contribution in [0.1, 0.15) is 52.9 Å². The minimum Gasteiger partial charge on any atom is -0.480 e. The first kappa shape index (κ1) is 53.1. The molecule has 26 heteroatoms. The molecular weight excluding hydrogens is 807 g/mol. The van der Waals surface area contributed by atoms with E-state index in [4.69, 9.17) is 28.0 Å². The maximum atomic E-state index is 13.3. The third kappa shape index (κ3) is 21.6. The molecule has 0 saturated heterocycles. The van der Waals surface area contributed by atoms with Crippen LogP contribution in [0.4, 0.5) is 0 Å². The Kier molecular flexibility index (Phi) is 26.1. The molecule has 0 saturated carbocycles. The fourth-order valence-electron chi connectivity index (χ4n) is 4.59. The van der Waals surface area contributed by atoms with E-state index in [0.29, 0.717) is 19.4 Å². The predicted octanol–water partition coefficient (Wildman–Crippen LogP) is -7.00. The fraction of sp³-hybridized carbons (Fsp3) is 0.688. The molecule has 0 aromatic carbocycles. The van der Waals surface area contributed by atoms with Gasteiger partial charge in [-0.3, -0.25) is 43.3 Å². The summed E-state index contributed by atoms with van der Waals surface area (Å²) in [5.74, 6) is -8.31. The molecule has 8 atom stereocenters. The van der Waals surface area contributed by atoms with Crippen LogP contribution in [0.3, 0.4) is 0 Å². The van der Waals surface area contributed by atoms with E-state index < -0.39 is 115 Å². The lowest BCUT2D eigenvalue weighted by atomic mass is 10.1. The van der Waals surface area contributed by atoms with Gasteiger partial charge < -0.3 is 75.7 Å². The summed E-state index contributed by atoms with van der Waals surface area (Å²) in [7, 11) is 0. The molecule has 0 radical (unpaired) electrons. The molecule has 24 nitrogen and oxygen atoms in total. The number of nitrogens with one attached hydrogen (secondary N) is 8. The quantitative estimate of drug-likeness (QED) is 0.0150. The number of carboxylic acid groups (broad SMARTS) is 1. The second-order valence-corrected chi connectivity index (χ2v) is 13.7. The van der Waals surface area contributed by atoms with Crippen molar-refractivity contribution < 1.29 is 53.4 Å². The van der Waals surface area contributed by atoms with E-state index in [-0.39, 0.29) is 43.3 Å². The van der Waals surface area contributed by atoms with Gasteiger partial charge in [-0.2, -0.15) is 25.3 Å². The monoisotopic (exact) mass is 865 g/mol. The number of nitrogens with two attached hydrogens (primary N) is 4. The van der Waals surface area contributed by atoms with E-state index in [1.165, 1.54) is 20.8 Å². The number of unbranched alkanes of at least 4 members (excludes halogenated alkanes) is 1. The van der Waals surface area contributed by atoms with Gasteiger partial charge in [0, 0.05) is 18.1 Å². The molecule has 0 aliphatic rings. The Morgan fingerprint density at radius 3 is 1.71 bits per heavy atom. The van der Waals surface area contributed by atoms with E-state index >= 15 is 0 Å². The van der Waals surface area contributed by atoms with Crippen LogP contribution < -0.4 is 65.5 Å². The number of carbonyl (C=O) groups is 9. The zero-order valence-corrected chi connectivity index (χ0v) is 34.4. The highest BCUT2D eigenvalue weighted by atomic mass is 32.1. The first-order chi connectivity index (χ1) is 27.2. The van der Waals surface area contributed by atoms with Gasteiger partial charge in [-0.25, -0.2) is 4.79 Å². The van der Waals surface area contributed by atoms with Crippen LogP contribution in [0.5, 0.6) is 0 Å². The summed E-state index contributed by atoms with van der Waals surface area (Å²) in [5, 5.41) is 37.9. The average Bonchev–Trinajstić information content (AvgIpc) is 3.16. The molecule has 8 amide bonds. The predicted molar refractivity (Wildman–Crippen MR) is 217 cm³/mol. The summed E-state index contributed by atoms with van der Waals surface area (Å²) < 4.78 is 0. The number of amides is 8. The molecule has 330 valence electrons. The van der Waals surface area contributed by atoms with Gasteiger partial charge in [0.2, 0.25) is 47.3 Å². The van der Waals surface area contributed by atoms with Crippen molar-refractivity contribution in [2.75, 3.05) is 37.7 Å². The minimum absolute atomic E-state index is 0.0168. The highest BCUT2D eigenvalue weighted by Crippen LogP contribution is 2.06. The molecule has 0 bridgehead atoms. The summed E-state index contributed by atoms with van der Waals surface area (Å²) in [6.45, 7) is 2.84. The average molecular weight is 866 g/mol. The number of aliphatic hydroxyl groups excluding tert-OH is 1. The molecule has 0 aliphatic carbocycles. The zero-order valence-electron chi connectivity index (χ0n) is 32.6. The van der Waals surface area contributed by atoms with E-state index in [9.17, 15) is 48.3 Å². The number of hydrogen-bond donors (Lipinski definition) is 16. The number of thiol groups is 2. The highest BCUT2D eigenvalue weighted by molar-refractivity contribution is 7.80. The van der Waals surface area contributed by atoms with Crippen molar-refractivity contribution in [1.29, 1.82) is 0 Å². The number of carbonyl (C=O) groups excluding carboxylic acids is 8. The molecule has 0 aromatic heterocycles. The first-order valence-corrected chi connectivity index (χ1v) is 19.4. The number of rotatable bonds is 28. The Labute approximate surface area is 346 Å². The molecule has 0 aliphatic heterocycles. The van der Waals surface area contributed by atoms with Gasteiger partial charge in [0.15, 0.2) is 5.96 Å². The van der Waals surface area contributed by atoms with Crippen molar-refractivity contribution in [1.82, 2.24) is 42.5 Å². The topological polar surface area (TPSA) is 407 Å². The van der Waals surface area contributed by atoms with Crippen LogP contribution in [0.15, 0.2) is 4.99 Å². The van der Waals surface area contributed by atoms with Crippen molar-refractivity contribution >= 4 is 84.4 Å². The van der Waals surface area contributed by atoms with Gasteiger partial charge in [0.25, 0.3) is 0 Å². The standard InChI is InChI=1S/C32H59N13O11S2/c1-15(26(50)45-24(17(3)46)30(54)41-16(2)25(49)44-21(14-58)31(55)56)40-23(48)12-38-22(47)11-39-28(52)19(8-6-10-37-32(35)36)43-29(53)20(7-4-5-9-33)42-27(51)18(34)13-57/h15-21,24,46,57-58H,4-14,33-34H2,1-3H3,(H,38,47)(H,39,52)(H,40,48)(H,41,54)(H,42,51)(H,43,53)(H,44,49)(H,45,50)(H,55,56)(H4,35,36,37)/t15-,16-,17+,18-,19-,20-,21-,24-/m0/s1. The summed E-state index contributed by atoms with van der Waals surface area (Å²) in [5.41, 5.74) is 22.0. The third-order valence-electron chi connectivity index (χ3n) is 7.94. The van der Waals surface area contributed by atoms with Crippen LogP contribution in [0.25, 0.3) is 0 Å². The highest BCUT2D eigenvalue weighted by Gasteiger charge is 2.31. The van der Waals surface area contributed by atoms with Crippen molar-refractivity contribution in [3.8, 4) is 0 Å². The molecule has 0 aromatic rings. The molecule has 0 rings (SSSR count). The Hall–Kier alpha value is -4.92. The number of carboxylic acids is 1. The zero-order chi connectivity index (χ0) is 44.5. The third-order valence-corrected chi connectivity index (χ3v) is 8.70. The molecular formula is C32H59N13O11S2. The maximum absolute atomic E-state index is 13.3. The second kappa shape index (κ2) is 28.5. The summed E-state index contributed by atoms with van der Waals surface area (Å²) in [6.07, 6.45) is -0.00698. The van der Waals surface area contributed by atoms with Gasteiger partial charge in [0.1, 0.15) is 36.3 Å². The largest absolute Gasteiger partial charge is 0.480 e. The maximum Gasteiger partial charge on any atom is 0.327 e. The minimum atomic E-state index is -1.59. The molecule has 0 spiro atoms. The summed E-state index contributed by atoms with van der Waals surface area (Å²) >= 11 is 7.84. The number of aliphatic imine (C=N–C) groups is 1. The van der Waals surface area contributed by atoms with Crippen LogP contribution in [-0.4, -0.2) is 155 Å². The summed E-state index contributed by atoms with van der Waals surface area (Å²) in [6, 6.07) is -8.77. The lowest BCUT2D eigenvalue weighted by molar-refractivity contribution is -0.141. The Morgan fingerprint density at radius 2 is 1.16 bits per heavy atom. The number of aliphatic carboxylic acids is 1. The Balaban J connectivity index is 5.34. The van der Waals surface area contributed by atoms with Gasteiger partial charge in [-0.1, -0.05) is 0 Å². The van der Waals surface area contributed by atoms with Crippen LogP contribution >= 0.6 is 25.3 Å². The number of guanidine groups is 1. The van der Waals surface area contributed by atoms with Crippen LogP contribution in [-0.2, 0) is 43.2 Å². The fourth-order valence-corrected chi connectivity index (χ4v) is 5.01. The number of hydrogen-bond acceptors (Lipinski definition) is 15. The Bertz CT molecular complexity index is 1450. The first-order valence-electron chi connectivity index (χ1n) is 18.2. The lowest BCUT2D eigenvalue weighted by Gasteiger charge is -2.25. The van der Waals surface area contributed by atoms with Gasteiger partial charge in [0.05, 0.1) is 25.2 Å². The molecule has 0 unspecified atom stereocenters.